The fourth-order valence-electron chi connectivity index (χ4n) is 10.1. The highest BCUT2D eigenvalue weighted by molar-refractivity contribution is 6.33. The second kappa shape index (κ2) is 16.9. The monoisotopic (exact) mass is 864 g/mol. The first-order valence-corrected chi connectivity index (χ1v) is 22.1. The summed E-state index contributed by atoms with van der Waals surface area (Å²) in [6, 6.07) is 12.7. The van der Waals surface area contributed by atoms with Gasteiger partial charge in [-0.15, -0.1) is 0 Å². The Hall–Kier alpha value is -5.74. The van der Waals surface area contributed by atoms with Gasteiger partial charge in [0.05, 0.1) is 11.7 Å². The van der Waals surface area contributed by atoms with Crippen LogP contribution in [0.3, 0.4) is 0 Å². The van der Waals surface area contributed by atoms with E-state index in [9.17, 15) is 24.0 Å². The van der Waals surface area contributed by atoms with Crippen LogP contribution in [0.25, 0.3) is 10.9 Å². The van der Waals surface area contributed by atoms with Crippen LogP contribution in [0.1, 0.15) is 74.3 Å². The van der Waals surface area contributed by atoms with Crippen molar-refractivity contribution in [3.05, 3.63) is 75.2 Å². The number of aromatic nitrogens is 3. The summed E-state index contributed by atoms with van der Waals surface area (Å²) in [7, 11) is 1.52. The van der Waals surface area contributed by atoms with Gasteiger partial charge in [-0.3, -0.25) is 29.3 Å². The lowest BCUT2D eigenvalue weighted by atomic mass is 9.86. The Bertz CT molecular complexity index is 2500. The number of benzene rings is 2. The number of pyridine rings is 1. The number of carbonyl (C=O) groups excluding carboxylic acids is 4. The first-order chi connectivity index (χ1) is 29.9. The molecule has 3 N–H and O–H groups in total. The summed E-state index contributed by atoms with van der Waals surface area (Å²) in [6.45, 7) is 10.9. The molecular weight excluding hydrogens is 812 g/mol. The summed E-state index contributed by atoms with van der Waals surface area (Å²) in [5, 5.41) is 9.41. The zero-order chi connectivity index (χ0) is 43.3. The first-order valence-electron chi connectivity index (χ1n) is 21.7. The Morgan fingerprint density at radius 3 is 2.56 bits per heavy atom. The highest BCUT2D eigenvalue weighted by atomic mass is 35.5. The molecule has 1 spiro atoms. The number of imide groups is 1. The maximum absolute atomic E-state index is 13.3. The van der Waals surface area contributed by atoms with Gasteiger partial charge in [-0.1, -0.05) is 11.6 Å². The number of likely N-dealkylation sites (tertiary alicyclic amines) is 1. The predicted molar refractivity (Wildman–Crippen MR) is 236 cm³/mol. The number of ether oxygens (including phenoxy) is 1. The lowest BCUT2D eigenvalue weighted by molar-refractivity contribution is -0.137. The quantitative estimate of drug-likeness (QED) is 0.181. The Labute approximate surface area is 364 Å². The predicted octanol–water partition coefficient (Wildman–Crippen LogP) is 4.47. The molecule has 4 fully saturated rings. The third-order valence-corrected chi connectivity index (χ3v) is 13.7. The van der Waals surface area contributed by atoms with Crippen molar-refractivity contribution in [1.82, 2.24) is 35.0 Å². The number of rotatable bonds is 11. The number of hydrogen-bond donors (Lipinski definition) is 3. The number of anilines is 4. The van der Waals surface area contributed by atoms with Crippen molar-refractivity contribution >= 4 is 69.3 Å². The molecule has 4 amide bonds. The minimum absolute atomic E-state index is 0.0993. The van der Waals surface area contributed by atoms with Crippen molar-refractivity contribution in [2.75, 3.05) is 74.6 Å². The molecule has 17 heteroatoms. The molecular formula is C45H53ClN10O6. The molecule has 62 heavy (non-hydrogen) atoms. The summed E-state index contributed by atoms with van der Waals surface area (Å²) in [5.74, 6) is 0.660. The van der Waals surface area contributed by atoms with Gasteiger partial charge in [-0.25, -0.2) is 4.98 Å². The number of halogens is 1. The van der Waals surface area contributed by atoms with E-state index in [1.807, 2.05) is 44.2 Å². The van der Waals surface area contributed by atoms with Gasteiger partial charge >= 0.3 is 0 Å². The minimum atomic E-state index is -0.609. The van der Waals surface area contributed by atoms with E-state index >= 15 is 0 Å². The number of piperidine rings is 2. The van der Waals surface area contributed by atoms with Crippen LogP contribution < -0.4 is 36.0 Å². The maximum Gasteiger partial charge on any atom is 0.293 e. The van der Waals surface area contributed by atoms with Crippen molar-refractivity contribution in [2.45, 2.75) is 71.0 Å². The van der Waals surface area contributed by atoms with Crippen molar-refractivity contribution in [1.29, 1.82) is 0 Å². The number of nitrogens with zero attached hydrogens (tertiary/aromatic N) is 7. The molecule has 0 bridgehead atoms. The molecule has 16 nitrogen and oxygen atoms in total. The van der Waals surface area contributed by atoms with Crippen LogP contribution >= 0.6 is 11.6 Å². The van der Waals surface area contributed by atoms with Crippen molar-refractivity contribution in [3.8, 4) is 5.75 Å². The Balaban J connectivity index is 0.788. The van der Waals surface area contributed by atoms with E-state index in [1.165, 1.54) is 13.5 Å². The van der Waals surface area contributed by atoms with E-state index in [0.717, 1.165) is 92.9 Å². The second-order valence-corrected chi connectivity index (χ2v) is 18.2. The molecule has 0 radical (unpaired) electrons. The van der Waals surface area contributed by atoms with Crippen LogP contribution in [-0.2, 0) is 20.9 Å². The molecule has 0 aliphatic carbocycles. The average Bonchev–Trinajstić information content (AvgIpc) is 3.96. The van der Waals surface area contributed by atoms with Crippen LogP contribution in [0.15, 0.2) is 53.5 Å². The summed E-state index contributed by atoms with van der Waals surface area (Å²) in [5.41, 5.74) is 4.14. The molecule has 5 aliphatic heterocycles. The standard InChI is InChI=1S/C45H53ClN10O6/c1-27(2)56-35-7-4-31(18-29(35)20-37(43(56)61)62-24-39(58)47-3)49-40-34(46)21-48-44(51-40)53-14-10-28(11-15-53)22-52-16-12-45(25-52)13-17-54(26-45)32-5-6-33-30(19-32)23-55(42(33)60)36-8-9-38(57)50-41(36)59/h4-7,18-21,27-28,36H,8-17,22-26H2,1-3H3,(H,47,58)(H,48,49,51)(H,50,57,59)/t36-,45+/m0/s1. The zero-order valence-electron chi connectivity index (χ0n) is 35.4. The third-order valence-electron chi connectivity index (χ3n) is 13.4. The number of fused-ring (bicyclic) bond motifs is 2. The number of likely N-dealkylation sites (N-methyl/N-ethyl adjacent to an activating group) is 1. The van der Waals surface area contributed by atoms with E-state index in [2.05, 4.69) is 41.7 Å². The Morgan fingerprint density at radius 2 is 1.79 bits per heavy atom. The van der Waals surface area contributed by atoms with Gasteiger partial charge in [-0.05, 0) is 106 Å². The summed E-state index contributed by atoms with van der Waals surface area (Å²) < 4.78 is 7.29. The largest absolute Gasteiger partial charge is 0.478 e. The number of carbonyl (C=O) groups is 4. The second-order valence-electron chi connectivity index (χ2n) is 17.8. The van der Waals surface area contributed by atoms with Gasteiger partial charge in [0.2, 0.25) is 17.8 Å². The zero-order valence-corrected chi connectivity index (χ0v) is 36.2. The molecule has 4 saturated heterocycles. The fraction of sp³-hybridized carbons (Fsp3) is 0.489. The molecule has 9 rings (SSSR count). The topological polar surface area (TPSA) is 174 Å². The number of hydrogen-bond acceptors (Lipinski definition) is 12. The van der Waals surface area contributed by atoms with Gasteiger partial charge in [0.1, 0.15) is 11.1 Å². The maximum atomic E-state index is 13.3. The van der Waals surface area contributed by atoms with Gasteiger partial charge in [0.15, 0.2) is 18.2 Å². The van der Waals surface area contributed by atoms with Crippen LogP contribution in [-0.4, -0.2) is 113 Å². The molecule has 2 aromatic heterocycles. The van der Waals surface area contributed by atoms with E-state index in [1.54, 1.807) is 21.7 Å². The molecule has 5 aliphatic rings. The van der Waals surface area contributed by atoms with E-state index in [4.69, 9.17) is 21.3 Å². The van der Waals surface area contributed by atoms with Gasteiger partial charge < -0.3 is 39.5 Å². The van der Waals surface area contributed by atoms with Crippen LogP contribution in [0.4, 0.5) is 23.1 Å². The molecule has 326 valence electrons. The van der Waals surface area contributed by atoms with Gasteiger partial charge in [0.25, 0.3) is 17.4 Å². The Kier molecular flexibility index (Phi) is 11.3. The SMILES string of the molecule is CNC(=O)COc1cc2cc(Nc3nc(N4CCC(CN5CC[C@@]6(CCN(c7ccc8c(c7)CN([C@H]7CCC(=O)NC7=O)C8=O)C6)C5)CC4)ncc3Cl)ccc2n(C(C)C)c1=O. The van der Waals surface area contributed by atoms with Crippen molar-refractivity contribution in [2.24, 2.45) is 11.3 Å². The fourth-order valence-corrected chi connectivity index (χ4v) is 10.2. The van der Waals surface area contributed by atoms with E-state index in [-0.39, 0.29) is 59.4 Å². The molecule has 4 aromatic rings. The average molecular weight is 865 g/mol. The normalized spacial score (nSPS) is 22.0. The molecule has 2 atom stereocenters. The van der Waals surface area contributed by atoms with E-state index in [0.29, 0.717) is 41.2 Å². The minimum Gasteiger partial charge on any atom is -0.478 e. The molecule has 0 saturated carbocycles. The number of nitrogens with one attached hydrogen (secondary N) is 3. The highest BCUT2D eigenvalue weighted by Gasteiger charge is 2.45. The van der Waals surface area contributed by atoms with E-state index < -0.39 is 6.04 Å². The lowest BCUT2D eigenvalue weighted by Gasteiger charge is -2.34. The summed E-state index contributed by atoms with van der Waals surface area (Å²) >= 11 is 6.63. The molecule has 2 aromatic carbocycles. The Morgan fingerprint density at radius 1 is 0.984 bits per heavy atom. The third kappa shape index (κ3) is 8.17. The van der Waals surface area contributed by atoms with Crippen molar-refractivity contribution in [3.63, 3.8) is 0 Å². The van der Waals surface area contributed by atoms with Crippen LogP contribution in [0.2, 0.25) is 5.02 Å². The van der Waals surface area contributed by atoms with Crippen LogP contribution in [0, 0.1) is 11.3 Å². The first kappa shape index (κ1) is 41.6. The lowest BCUT2D eigenvalue weighted by Crippen LogP contribution is -2.52. The van der Waals surface area contributed by atoms with Gasteiger partial charge in [-0.2, -0.15) is 4.98 Å². The summed E-state index contributed by atoms with van der Waals surface area (Å²) in [6.07, 6.45) is 6.63. The smallest absolute Gasteiger partial charge is 0.293 e. The van der Waals surface area contributed by atoms with Gasteiger partial charge in [0, 0.05) is 93.1 Å². The van der Waals surface area contributed by atoms with Crippen molar-refractivity contribution < 1.29 is 23.9 Å². The number of amides is 4. The molecule has 0 unspecified atom stereocenters. The summed E-state index contributed by atoms with van der Waals surface area (Å²) in [4.78, 5) is 81.0. The highest BCUT2D eigenvalue weighted by Crippen LogP contribution is 2.43. The van der Waals surface area contributed by atoms with Crippen LogP contribution in [0.5, 0.6) is 5.75 Å². The molecule has 7 heterocycles.